The van der Waals surface area contributed by atoms with E-state index < -0.39 is 0 Å². The quantitative estimate of drug-likeness (QED) is 0.262. The summed E-state index contributed by atoms with van der Waals surface area (Å²) in [7, 11) is 3.12. The standard InChI is InChI=1S/C15H30N4O3.HI/c1-12(2)13(19-7-9-22-10-8-19)11-18-15(16-3)17-6-5-14(20)21-4;/h12-13H,5-11H2,1-4H3,(H2,16,17,18);1H. The maximum absolute atomic E-state index is 11.1. The number of methoxy groups -OCH3 is 1. The average Bonchev–Trinajstić information content (AvgIpc) is 2.53. The van der Waals surface area contributed by atoms with Crippen LogP contribution in [0.2, 0.25) is 0 Å². The summed E-state index contributed by atoms with van der Waals surface area (Å²) in [6.45, 7) is 9.33. The summed E-state index contributed by atoms with van der Waals surface area (Å²) < 4.78 is 10.0. The highest BCUT2D eigenvalue weighted by atomic mass is 127. The lowest BCUT2D eigenvalue weighted by atomic mass is 10.0. The van der Waals surface area contributed by atoms with E-state index in [9.17, 15) is 4.79 Å². The number of ether oxygens (including phenoxy) is 2. The zero-order valence-electron chi connectivity index (χ0n) is 14.6. The molecule has 0 aromatic heterocycles. The van der Waals surface area contributed by atoms with E-state index in [4.69, 9.17) is 4.74 Å². The summed E-state index contributed by atoms with van der Waals surface area (Å²) in [4.78, 5) is 17.8. The van der Waals surface area contributed by atoms with Crippen LogP contribution in [-0.4, -0.2) is 76.4 Å². The smallest absolute Gasteiger partial charge is 0.307 e. The number of carbonyl (C=O) groups excluding carboxylic acids is 1. The Morgan fingerprint density at radius 3 is 2.48 bits per heavy atom. The molecule has 1 rings (SSSR count). The Morgan fingerprint density at radius 1 is 1.30 bits per heavy atom. The van der Waals surface area contributed by atoms with Gasteiger partial charge >= 0.3 is 5.97 Å². The van der Waals surface area contributed by atoms with Crippen molar-refractivity contribution in [3.8, 4) is 0 Å². The summed E-state index contributed by atoms with van der Waals surface area (Å²) in [5.41, 5.74) is 0. The van der Waals surface area contributed by atoms with E-state index in [0.29, 0.717) is 30.9 Å². The molecule has 1 saturated heterocycles. The average molecular weight is 442 g/mol. The van der Waals surface area contributed by atoms with E-state index in [1.807, 2.05) is 0 Å². The summed E-state index contributed by atoms with van der Waals surface area (Å²) in [6, 6.07) is 0.433. The van der Waals surface area contributed by atoms with E-state index in [2.05, 4.69) is 39.1 Å². The van der Waals surface area contributed by atoms with E-state index in [-0.39, 0.29) is 29.9 Å². The van der Waals surface area contributed by atoms with Crippen LogP contribution in [0, 0.1) is 5.92 Å². The summed E-state index contributed by atoms with van der Waals surface area (Å²) in [6.07, 6.45) is 0.328. The van der Waals surface area contributed by atoms with Crippen molar-refractivity contribution in [3.05, 3.63) is 0 Å². The summed E-state index contributed by atoms with van der Waals surface area (Å²) in [5, 5.41) is 6.47. The number of aliphatic imine (C=N–C) groups is 1. The van der Waals surface area contributed by atoms with Crippen LogP contribution in [-0.2, 0) is 14.3 Å². The Hall–Kier alpha value is -0.610. The second-order valence-electron chi connectivity index (χ2n) is 5.67. The summed E-state index contributed by atoms with van der Waals surface area (Å²) >= 11 is 0. The van der Waals surface area contributed by atoms with Gasteiger partial charge in [-0.25, -0.2) is 0 Å². The van der Waals surface area contributed by atoms with Crippen molar-refractivity contribution in [1.82, 2.24) is 15.5 Å². The van der Waals surface area contributed by atoms with Gasteiger partial charge in [-0.1, -0.05) is 13.8 Å². The number of hydrogen-bond acceptors (Lipinski definition) is 5. The molecule has 1 atom stereocenters. The third-order valence-electron chi connectivity index (χ3n) is 3.84. The predicted molar refractivity (Wildman–Crippen MR) is 102 cm³/mol. The van der Waals surface area contributed by atoms with Crippen molar-refractivity contribution in [2.75, 3.05) is 53.6 Å². The zero-order valence-corrected chi connectivity index (χ0v) is 17.0. The van der Waals surface area contributed by atoms with Gasteiger partial charge in [0.05, 0.1) is 26.7 Å². The van der Waals surface area contributed by atoms with Gasteiger partial charge in [0.25, 0.3) is 0 Å². The lowest BCUT2D eigenvalue weighted by Crippen LogP contribution is -2.52. The normalized spacial score (nSPS) is 17.3. The summed E-state index contributed by atoms with van der Waals surface area (Å²) in [5.74, 6) is 1.03. The Morgan fingerprint density at radius 2 is 1.96 bits per heavy atom. The Labute approximate surface area is 156 Å². The number of nitrogens with zero attached hydrogens (tertiary/aromatic N) is 2. The first-order valence-corrected chi connectivity index (χ1v) is 7.91. The molecular formula is C15H31IN4O3. The highest BCUT2D eigenvalue weighted by Crippen LogP contribution is 2.12. The first-order valence-electron chi connectivity index (χ1n) is 7.91. The molecule has 1 unspecified atom stereocenters. The monoisotopic (exact) mass is 442 g/mol. The van der Waals surface area contributed by atoms with Gasteiger partial charge in [-0.05, 0) is 5.92 Å². The minimum absolute atomic E-state index is 0. The van der Waals surface area contributed by atoms with Crippen LogP contribution in [0.3, 0.4) is 0 Å². The number of guanidine groups is 1. The molecule has 2 N–H and O–H groups in total. The van der Waals surface area contributed by atoms with Crippen LogP contribution < -0.4 is 10.6 Å². The van der Waals surface area contributed by atoms with E-state index >= 15 is 0 Å². The van der Waals surface area contributed by atoms with Crippen molar-refractivity contribution in [2.45, 2.75) is 26.3 Å². The second-order valence-corrected chi connectivity index (χ2v) is 5.67. The third kappa shape index (κ3) is 8.71. The Kier molecular flexibility index (Phi) is 12.4. The first-order chi connectivity index (χ1) is 10.6. The fraction of sp³-hybridized carbons (Fsp3) is 0.867. The lowest BCUT2D eigenvalue weighted by Gasteiger charge is -2.37. The molecule has 0 aromatic rings. The Bertz CT molecular complexity index is 361. The predicted octanol–water partition coefficient (Wildman–Crippen LogP) is 0.689. The number of rotatable bonds is 7. The molecule has 23 heavy (non-hydrogen) atoms. The largest absolute Gasteiger partial charge is 0.469 e. The van der Waals surface area contributed by atoms with Gasteiger partial charge < -0.3 is 20.1 Å². The van der Waals surface area contributed by atoms with Crippen molar-refractivity contribution in [1.29, 1.82) is 0 Å². The SMILES string of the molecule is CN=C(NCCC(=O)OC)NCC(C(C)C)N1CCOCC1.I. The van der Waals surface area contributed by atoms with Gasteiger partial charge in [0.2, 0.25) is 0 Å². The van der Waals surface area contributed by atoms with Gasteiger partial charge in [-0.2, -0.15) is 0 Å². The number of halogens is 1. The number of morpholine rings is 1. The molecule has 8 heteroatoms. The van der Waals surface area contributed by atoms with Crippen LogP contribution >= 0.6 is 24.0 Å². The van der Waals surface area contributed by atoms with Crippen molar-refractivity contribution >= 4 is 35.9 Å². The first kappa shape index (κ1) is 22.4. The molecule has 1 heterocycles. The fourth-order valence-electron chi connectivity index (χ4n) is 2.50. The van der Waals surface area contributed by atoms with E-state index in [1.54, 1.807) is 7.05 Å². The number of nitrogens with one attached hydrogen (secondary N) is 2. The van der Waals surface area contributed by atoms with Gasteiger partial charge in [0, 0.05) is 39.3 Å². The van der Waals surface area contributed by atoms with E-state index in [0.717, 1.165) is 32.8 Å². The number of hydrogen-bond donors (Lipinski definition) is 2. The van der Waals surface area contributed by atoms with Crippen LogP contribution in [0.1, 0.15) is 20.3 Å². The molecule has 0 saturated carbocycles. The van der Waals surface area contributed by atoms with Crippen LogP contribution in [0.15, 0.2) is 4.99 Å². The maximum Gasteiger partial charge on any atom is 0.307 e. The molecule has 136 valence electrons. The fourth-order valence-corrected chi connectivity index (χ4v) is 2.50. The van der Waals surface area contributed by atoms with Gasteiger partial charge in [-0.15, -0.1) is 24.0 Å². The minimum atomic E-state index is -0.226. The maximum atomic E-state index is 11.1. The highest BCUT2D eigenvalue weighted by molar-refractivity contribution is 14.0. The second kappa shape index (κ2) is 12.8. The Balaban J connectivity index is 0.00000484. The molecule has 1 aliphatic rings. The molecule has 0 aliphatic carbocycles. The molecule has 7 nitrogen and oxygen atoms in total. The molecule has 0 radical (unpaired) electrons. The molecule has 1 aliphatic heterocycles. The molecule has 0 bridgehead atoms. The third-order valence-corrected chi connectivity index (χ3v) is 3.84. The number of esters is 1. The molecular weight excluding hydrogens is 411 g/mol. The van der Waals surface area contributed by atoms with E-state index in [1.165, 1.54) is 7.11 Å². The lowest BCUT2D eigenvalue weighted by molar-refractivity contribution is -0.140. The van der Waals surface area contributed by atoms with Crippen molar-refractivity contribution in [3.63, 3.8) is 0 Å². The highest BCUT2D eigenvalue weighted by Gasteiger charge is 2.23. The van der Waals surface area contributed by atoms with Crippen LogP contribution in [0.4, 0.5) is 0 Å². The molecule has 0 aromatic carbocycles. The van der Waals surface area contributed by atoms with Crippen molar-refractivity contribution in [2.24, 2.45) is 10.9 Å². The van der Waals surface area contributed by atoms with Gasteiger partial charge in [0.1, 0.15) is 0 Å². The van der Waals surface area contributed by atoms with Gasteiger partial charge in [-0.3, -0.25) is 14.7 Å². The van der Waals surface area contributed by atoms with Crippen LogP contribution in [0.25, 0.3) is 0 Å². The minimum Gasteiger partial charge on any atom is -0.469 e. The molecule has 1 fully saturated rings. The molecule has 0 amide bonds. The number of carbonyl (C=O) groups is 1. The topological polar surface area (TPSA) is 75.2 Å². The molecule has 0 spiro atoms. The van der Waals surface area contributed by atoms with Gasteiger partial charge in [0.15, 0.2) is 5.96 Å². The van der Waals surface area contributed by atoms with Crippen LogP contribution in [0.5, 0.6) is 0 Å². The zero-order chi connectivity index (χ0) is 16.4. The van der Waals surface area contributed by atoms with Crippen molar-refractivity contribution < 1.29 is 14.3 Å².